The third-order valence-corrected chi connectivity index (χ3v) is 5.80. The molecule has 2 aromatic carbocycles. The molecule has 2 aromatic rings. The number of hydrogen-bond acceptors (Lipinski definition) is 5. The van der Waals surface area contributed by atoms with Gasteiger partial charge < -0.3 is 14.4 Å². The zero-order valence-electron chi connectivity index (χ0n) is 15.6. The number of hydrogen-bond donors (Lipinski definition) is 0. The Morgan fingerprint density at radius 2 is 1.85 bits per heavy atom. The van der Waals surface area contributed by atoms with Crippen molar-refractivity contribution in [3.05, 3.63) is 59.7 Å². The minimum Gasteiger partial charge on any atom is -0.478 e. The topological polar surface area (TPSA) is 72.9 Å². The summed E-state index contributed by atoms with van der Waals surface area (Å²) in [6.07, 6.45) is 0.446. The molecule has 0 aliphatic carbocycles. The number of methoxy groups -OCH3 is 1. The minimum atomic E-state index is -3.35. The molecule has 0 radical (unpaired) electrons. The average molecular weight is 389 g/mol. The lowest BCUT2D eigenvalue weighted by Gasteiger charge is -2.47. The summed E-state index contributed by atoms with van der Waals surface area (Å²) in [5.41, 5.74) is 2.08. The van der Waals surface area contributed by atoms with Crippen LogP contribution in [0.15, 0.2) is 53.4 Å². The van der Waals surface area contributed by atoms with Gasteiger partial charge in [-0.15, -0.1) is 0 Å². The summed E-state index contributed by atoms with van der Waals surface area (Å²) in [6.45, 7) is 2.90. The molecule has 0 saturated carbocycles. The van der Waals surface area contributed by atoms with Crippen LogP contribution in [0.1, 0.15) is 17.2 Å². The number of carbonyl (C=O) groups is 1. The fourth-order valence-corrected chi connectivity index (χ4v) is 3.90. The molecule has 0 N–H and O–H groups in total. The van der Waals surface area contributed by atoms with E-state index in [-0.39, 0.29) is 16.8 Å². The summed E-state index contributed by atoms with van der Waals surface area (Å²) in [5.74, 6) is 0.228. The maximum atomic E-state index is 12.7. The largest absolute Gasteiger partial charge is 0.478 e. The van der Waals surface area contributed by atoms with Gasteiger partial charge in [0, 0.05) is 19.9 Å². The number of aryl methyl sites for hydroxylation is 1. The first-order valence-corrected chi connectivity index (χ1v) is 10.5. The van der Waals surface area contributed by atoms with E-state index >= 15 is 0 Å². The van der Waals surface area contributed by atoms with Crippen molar-refractivity contribution in [1.29, 1.82) is 0 Å². The van der Waals surface area contributed by atoms with E-state index in [0.717, 1.165) is 17.4 Å². The number of ether oxygens (including phenoxy) is 2. The normalized spacial score (nSPS) is 19.7. The van der Waals surface area contributed by atoms with Crippen molar-refractivity contribution < 1.29 is 22.7 Å². The van der Waals surface area contributed by atoms with Crippen LogP contribution in [0, 0.1) is 6.92 Å². The molecular formula is C20H23NO5S. The number of benzene rings is 2. The smallest absolute Gasteiger partial charge is 0.266 e. The van der Waals surface area contributed by atoms with Crippen molar-refractivity contribution >= 4 is 15.7 Å². The molecule has 0 bridgehead atoms. The molecule has 27 heavy (non-hydrogen) atoms. The Balaban J connectivity index is 1.89. The zero-order valence-corrected chi connectivity index (χ0v) is 16.4. The van der Waals surface area contributed by atoms with E-state index in [1.165, 1.54) is 12.1 Å². The monoisotopic (exact) mass is 389 g/mol. The van der Waals surface area contributed by atoms with Gasteiger partial charge >= 0.3 is 0 Å². The molecule has 1 saturated heterocycles. The van der Waals surface area contributed by atoms with Gasteiger partial charge in [0.15, 0.2) is 9.84 Å². The molecule has 144 valence electrons. The number of likely N-dealkylation sites (tertiary alicyclic amines) is 1. The van der Waals surface area contributed by atoms with E-state index in [1.54, 1.807) is 24.1 Å². The lowest BCUT2D eigenvalue weighted by Crippen LogP contribution is -2.62. The van der Waals surface area contributed by atoms with Gasteiger partial charge in [0.2, 0.25) is 6.10 Å². The average Bonchev–Trinajstić information content (AvgIpc) is 2.64. The van der Waals surface area contributed by atoms with E-state index in [0.29, 0.717) is 18.9 Å². The van der Waals surface area contributed by atoms with Gasteiger partial charge in [0.25, 0.3) is 5.91 Å². The minimum absolute atomic E-state index is 0.134. The van der Waals surface area contributed by atoms with Gasteiger partial charge in [-0.05, 0) is 36.2 Å². The Morgan fingerprint density at radius 1 is 1.11 bits per heavy atom. The maximum absolute atomic E-state index is 12.7. The first kappa shape index (κ1) is 19.4. The molecule has 0 unspecified atom stereocenters. The van der Waals surface area contributed by atoms with Crippen LogP contribution in [0.2, 0.25) is 0 Å². The highest BCUT2D eigenvalue weighted by molar-refractivity contribution is 7.90. The standard InChI is InChI=1S/C20H23NO5S/c1-14-7-4-5-10-17(14)18-19(20(22)21(18)11-12-25-2)26-15-8-6-9-16(13-15)27(3,23)24/h4-10,13,18-19H,11-12H2,1-3H3/t18-,19+/m1/s1. The van der Waals surface area contributed by atoms with Crippen molar-refractivity contribution in [2.75, 3.05) is 26.5 Å². The van der Waals surface area contributed by atoms with Crippen LogP contribution in [-0.2, 0) is 19.4 Å². The molecule has 1 aliphatic rings. The van der Waals surface area contributed by atoms with Crippen LogP contribution >= 0.6 is 0 Å². The predicted octanol–water partition coefficient (Wildman–Crippen LogP) is 2.38. The summed E-state index contributed by atoms with van der Waals surface area (Å²) in [6, 6.07) is 13.9. The van der Waals surface area contributed by atoms with Crippen LogP contribution in [0.4, 0.5) is 0 Å². The molecule has 1 amide bonds. The fourth-order valence-electron chi connectivity index (χ4n) is 3.25. The first-order valence-electron chi connectivity index (χ1n) is 8.64. The summed E-state index contributed by atoms with van der Waals surface area (Å²) in [7, 11) is -1.76. The second kappa shape index (κ2) is 7.70. The molecule has 1 aliphatic heterocycles. The SMILES string of the molecule is COCCN1C(=O)[C@@H](Oc2cccc(S(C)(=O)=O)c2)[C@H]1c1ccccc1C. The van der Waals surface area contributed by atoms with E-state index in [2.05, 4.69) is 0 Å². The highest BCUT2D eigenvalue weighted by atomic mass is 32.2. The van der Waals surface area contributed by atoms with E-state index in [1.807, 2.05) is 31.2 Å². The molecular weight excluding hydrogens is 366 g/mol. The predicted molar refractivity (Wildman–Crippen MR) is 101 cm³/mol. The van der Waals surface area contributed by atoms with Crippen LogP contribution in [0.3, 0.4) is 0 Å². The summed E-state index contributed by atoms with van der Waals surface area (Å²) in [4.78, 5) is 14.6. The molecule has 6 nitrogen and oxygen atoms in total. The number of carbonyl (C=O) groups excluding carboxylic acids is 1. The third kappa shape index (κ3) is 3.99. The van der Waals surface area contributed by atoms with Gasteiger partial charge in [-0.1, -0.05) is 30.3 Å². The second-order valence-corrected chi connectivity index (χ2v) is 8.63. The molecule has 2 atom stereocenters. The Hall–Kier alpha value is -2.38. The summed E-state index contributed by atoms with van der Waals surface area (Å²) in [5, 5.41) is 0. The van der Waals surface area contributed by atoms with Gasteiger partial charge in [0.1, 0.15) is 11.8 Å². The lowest BCUT2D eigenvalue weighted by atomic mass is 9.88. The molecule has 0 spiro atoms. The van der Waals surface area contributed by atoms with Crippen molar-refractivity contribution in [1.82, 2.24) is 4.90 Å². The van der Waals surface area contributed by atoms with Gasteiger partial charge in [-0.2, -0.15) is 0 Å². The van der Waals surface area contributed by atoms with Crippen molar-refractivity contribution in [3.63, 3.8) is 0 Å². The van der Waals surface area contributed by atoms with Crippen molar-refractivity contribution in [3.8, 4) is 5.75 Å². The quantitative estimate of drug-likeness (QED) is 0.680. The van der Waals surface area contributed by atoms with Crippen molar-refractivity contribution in [2.24, 2.45) is 0 Å². The molecule has 3 rings (SSSR count). The molecule has 0 aromatic heterocycles. The highest BCUT2D eigenvalue weighted by Gasteiger charge is 2.50. The van der Waals surface area contributed by atoms with Crippen molar-refractivity contribution in [2.45, 2.75) is 24.0 Å². The van der Waals surface area contributed by atoms with E-state index < -0.39 is 15.9 Å². The van der Waals surface area contributed by atoms with E-state index in [9.17, 15) is 13.2 Å². The summed E-state index contributed by atoms with van der Waals surface area (Å²) < 4.78 is 34.6. The Labute approximate surface area is 159 Å². The molecule has 1 heterocycles. The fraction of sp³-hybridized carbons (Fsp3) is 0.350. The molecule has 1 fully saturated rings. The second-order valence-electron chi connectivity index (χ2n) is 6.61. The van der Waals surface area contributed by atoms with Gasteiger partial charge in [-0.3, -0.25) is 4.79 Å². The maximum Gasteiger partial charge on any atom is 0.266 e. The van der Waals surface area contributed by atoms with Crippen LogP contribution in [-0.4, -0.2) is 51.8 Å². The highest BCUT2D eigenvalue weighted by Crippen LogP contribution is 2.39. The Kier molecular flexibility index (Phi) is 5.53. The molecule has 7 heteroatoms. The van der Waals surface area contributed by atoms with Gasteiger partial charge in [0.05, 0.1) is 11.5 Å². The van der Waals surface area contributed by atoms with Crippen LogP contribution in [0.5, 0.6) is 5.75 Å². The summed E-state index contributed by atoms with van der Waals surface area (Å²) >= 11 is 0. The van der Waals surface area contributed by atoms with Crippen LogP contribution in [0.25, 0.3) is 0 Å². The van der Waals surface area contributed by atoms with E-state index in [4.69, 9.17) is 9.47 Å². The Morgan fingerprint density at radius 3 is 2.52 bits per heavy atom. The van der Waals surface area contributed by atoms with Gasteiger partial charge in [-0.25, -0.2) is 8.42 Å². The number of rotatable bonds is 7. The zero-order chi connectivity index (χ0) is 19.6. The Bertz CT molecular complexity index is 941. The number of nitrogens with zero attached hydrogens (tertiary/aromatic N) is 1. The number of β-lactam (4-membered cyclic amide) rings is 1. The number of sulfone groups is 1. The number of amides is 1. The third-order valence-electron chi connectivity index (χ3n) is 4.69. The first-order chi connectivity index (χ1) is 12.8. The lowest BCUT2D eigenvalue weighted by molar-refractivity contribution is -0.165. The van der Waals surface area contributed by atoms with Crippen LogP contribution < -0.4 is 4.74 Å².